The van der Waals surface area contributed by atoms with E-state index in [9.17, 15) is 4.39 Å². The van der Waals surface area contributed by atoms with Crippen LogP contribution in [-0.2, 0) is 0 Å². The van der Waals surface area contributed by atoms with Crippen molar-refractivity contribution in [1.29, 1.82) is 0 Å². The monoisotopic (exact) mass is 263 g/mol. The molecule has 19 heavy (non-hydrogen) atoms. The fourth-order valence-corrected chi connectivity index (χ4v) is 2.08. The Hall–Kier alpha value is -1.72. The molecular formula is C14H18FN3O. The molecule has 0 bridgehead atoms. The highest BCUT2D eigenvalue weighted by Gasteiger charge is 2.13. The third-order valence-corrected chi connectivity index (χ3v) is 3.15. The van der Waals surface area contributed by atoms with Gasteiger partial charge in [-0.25, -0.2) is 9.07 Å². The molecule has 0 saturated carbocycles. The molecule has 4 nitrogen and oxygen atoms in total. The van der Waals surface area contributed by atoms with Gasteiger partial charge in [-0.1, -0.05) is 0 Å². The number of hydrogen-bond acceptors (Lipinski definition) is 3. The van der Waals surface area contributed by atoms with Gasteiger partial charge in [0.25, 0.3) is 0 Å². The van der Waals surface area contributed by atoms with Gasteiger partial charge in [0.1, 0.15) is 5.82 Å². The number of nitrogens with one attached hydrogen (secondary N) is 1. The van der Waals surface area contributed by atoms with Gasteiger partial charge in [0.05, 0.1) is 18.5 Å². The molecule has 1 atom stereocenters. The van der Waals surface area contributed by atoms with Crippen molar-refractivity contribution in [3.8, 4) is 5.69 Å². The molecule has 5 heteroatoms. The summed E-state index contributed by atoms with van der Waals surface area (Å²) in [5.41, 5.74) is 2.90. The molecule has 0 aliphatic carbocycles. The highest BCUT2D eigenvalue weighted by atomic mass is 19.1. The van der Waals surface area contributed by atoms with E-state index in [0.29, 0.717) is 6.54 Å². The van der Waals surface area contributed by atoms with Crippen molar-refractivity contribution in [1.82, 2.24) is 15.1 Å². The van der Waals surface area contributed by atoms with Crippen molar-refractivity contribution >= 4 is 0 Å². The van der Waals surface area contributed by atoms with Crippen LogP contribution >= 0.6 is 0 Å². The van der Waals surface area contributed by atoms with E-state index in [1.54, 1.807) is 23.0 Å². The number of rotatable bonds is 5. The molecule has 0 aliphatic heterocycles. The highest BCUT2D eigenvalue weighted by Crippen LogP contribution is 2.20. The number of aliphatic hydroxyl groups is 1. The average Bonchev–Trinajstić information content (AvgIpc) is 2.79. The first-order chi connectivity index (χ1) is 9.13. The van der Waals surface area contributed by atoms with Gasteiger partial charge >= 0.3 is 0 Å². The van der Waals surface area contributed by atoms with Crippen molar-refractivity contribution in [3.05, 3.63) is 47.5 Å². The quantitative estimate of drug-likeness (QED) is 0.867. The summed E-state index contributed by atoms with van der Waals surface area (Å²) >= 11 is 0. The lowest BCUT2D eigenvalue weighted by Crippen LogP contribution is -2.22. The Morgan fingerprint density at radius 3 is 2.68 bits per heavy atom. The molecule has 0 aliphatic rings. The summed E-state index contributed by atoms with van der Waals surface area (Å²) in [5.74, 6) is -0.258. The van der Waals surface area contributed by atoms with Gasteiger partial charge in [0.2, 0.25) is 0 Å². The first kappa shape index (κ1) is 13.7. The highest BCUT2D eigenvalue weighted by molar-refractivity contribution is 5.35. The summed E-state index contributed by atoms with van der Waals surface area (Å²) in [6.45, 7) is 4.65. The molecule has 2 N–H and O–H groups in total. The van der Waals surface area contributed by atoms with E-state index in [1.165, 1.54) is 12.1 Å². The number of aliphatic hydroxyl groups excluding tert-OH is 1. The maximum Gasteiger partial charge on any atom is 0.123 e. The summed E-state index contributed by atoms with van der Waals surface area (Å²) in [5, 5.41) is 16.4. The lowest BCUT2D eigenvalue weighted by molar-refractivity contribution is 0.286. The van der Waals surface area contributed by atoms with Gasteiger partial charge in [-0.2, -0.15) is 5.10 Å². The van der Waals surface area contributed by atoms with Gasteiger partial charge in [-0.3, -0.25) is 0 Å². The average molecular weight is 263 g/mol. The van der Waals surface area contributed by atoms with E-state index >= 15 is 0 Å². The van der Waals surface area contributed by atoms with Crippen molar-refractivity contribution in [3.63, 3.8) is 0 Å². The van der Waals surface area contributed by atoms with E-state index < -0.39 is 0 Å². The van der Waals surface area contributed by atoms with Crippen LogP contribution in [0, 0.1) is 12.7 Å². The van der Waals surface area contributed by atoms with Gasteiger partial charge in [0.15, 0.2) is 0 Å². The normalized spacial score (nSPS) is 12.6. The molecule has 102 valence electrons. The minimum atomic E-state index is -0.258. The summed E-state index contributed by atoms with van der Waals surface area (Å²) in [6.07, 6.45) is 1.80. The third kappa shape index (κ3) is 3.00. The number of benzene rings is 1. The van der Waals surface area contributed by atoms with Crippen molar-refractivity contribution in [2.75, 3.05) is 13.2 Å². The van der Waals surface area contributed by atoms with Gasteiger partial charge in [0, 0.05) is 23.8 Å². The minimum Gasteiger partial charge on any atom is -0.395 e. The Bertz CT molecular complexity index is 536. The maximum absolute atomic E-state index is 12.9. The van der Waals surface area contributed by atoms with E-state index in [-0.39, 0.29) is 18.5 Å². The Balaban J connectivity index is 2.25. The van der Waals surface area contributed by atoms with E-state index in [0.717, 1.165) is 16.9 Å². The lowest BCUT2D eigenvalue weighted by Gasteiger charge is -2.13. The molecule has 2 aromatic rings. The molecule has 1 aromatic heterocycles. The second-order valence-corrected chi connectivity index (χ2v) is 4.47. The zero-order valence-corrected chi connectivity index (χ0v) is 11.1. The van der Waals surface area contributed by atoms with Crippen LogP contribution in [0.15, 0.2) is 30.5 Å². The predicted molar refractivity (Wildman–Crippen MR) is 71.8 cm³/mol. The van der Waals surface area contributed by atoms with Gasteiger partial charge < -0.3 is 10.4 Å². The van der Waals surface area contributed by atoms with Crippen molar-refractivity contribution in [2.24, 2.45) is 0 Å². The van der Waals surface area contributed by atoms with Crippen molar-refractivity contribution in [2.45, 2.75) is 19.9 Å². The van der Waals surface area contributed by atoms with Crippen LogP contribution in [0.3, 0.4) is 0 Å². The smallest absolute Gasteiger partial charge is 0.123 e. The molecule has 0 spiro atoms. The third-order valence-electron chi connectivity index (χ3n) is 3.15. The maximum atomic E-state index is 12.9. The second kappa shape index (κ2) is 5.95. The second-order valence-electron chi connectivity index (χ2n) is 4.47. The van der Waals surface area contributed by atoms with Crippen LogP contribution in [0.5, 0.6) is 0 Å². The molecule has 2 rings (SSSR count). The Morgan fingerprint density at radius 2 is 2.05 bits per heavy atom. The van der Waals surface area contributed by atoms with Crippen LogP contribution in [0.25, 0.3) is 5.69 Å². The van der Waals surface area contributed by atoms with E-state index in [2.05, 4.69) is 10.4 Å². The molecule has 0 fully saturated rings. The summed E-state index contributed by atoms with van der Waals surface area (Å²) in [4.78, 5) is 0. The van der Waals surface area contributed by atoms with Gasteiger partial charge in [-0.15, -0.1) is 0 Å². The largest absolute Gasteiger partial charge is 0.395 e. The zero-order chi connectivity index (χ0) is 13.8. The molecule has 1 unspecified atom stereocenters. The van der Waals surface area contributed by atoms with E-state index in [4.69, 9.17) is 5.11 Å². The number of halogens is 1. The van der Waals surface area contributed by atoms with Crippen molar-refractivity contribution < 1.29 is 9.50 Å². The van der Waals surface area contributed by atoms with Crippen LogP contribution in [0.1, 0.15) is 24.2 Å². The Morgan fingerprint density at radius 1 is 1.37 bits per heavy atom. The predicted octanol–water partition coefficient (Wildman–Crippen LogP) is 1.96. The standard InChI is InChI=1S/C14H18FN3O/c1-10(16-7-8-19)14-9-17-18(11(14)2)13-5-3-12(15)4-6-13/h3-6,9-10,16,19H,7-8H2,1-2H3. The molecule has 1 aromatic carbocycles. The minimum absolute atomic E-state index is 0.107. The lowest BCUT2D eigenvalue weighted by atomic mass is 10.1. The molecule has 0 radical (unpaired) electrons. The van der Waals surface area contributed by atoms with Gasteiger partial charge in [-0.05, 0) is 38.1 Å². The van der Waals surface area contributed by atoms with E-state index in [1.807, 2.05) is 13.8 Å². The fraction of sp³-hybridized carbons (Fsp3) is 0.357. The summed E-state index contributed by atoms with van der Waals surface area (Å²) in [7, 11) is 0. The van der Waals surface area contributed by atoms with Crippen LogP contribution in [0.4, 0.5) is 4.39 Å². The summed E-state index contributed by atoms with van der Waals surface area (Å²) in [6, 6.07) is 6.35. The summed E-state index contributed by atoms with van der Waals surface area (Å²) < 4.78 is 14.7. The molecule has 0 saturated heterocycles. The topological polar surface area (TPSA) is 50.1 Å². The number of aromatic nitrogens is 2. The fourth-order valence-electron chi connectivity index (χ4n) is 2.08. The zero-order valence-electron chi connectivity index (χ0n) is 11.1. The Kier molecular flexibility index (Phi) is 4.29. The molecule has 1 heterocycles. The number of hydrogen-bond donors (Lipinski definition) is 2. The first-order valence-corrected chi connectivity index (χ1v) is 6.28. The Labute approximate surface area is 111 Å². The molecular weight excluding hydrogens is 245 g/mol. The van der Waals surface area contributed by atoms with Crippen LogP contribution in [-0.4, -0.2) is 28.0 Å². The molecule has 0 amide bonds. The first-order valence-electron chi connectivity index (χ1n) is 6.28. The van der Waals surface area contributed by atoms with Crippen LogP contribution < -0.4 is 5.32 Å². The number of nitrogens with zero attached hydrogens (tertiary/aromatic N) is 2. The SMILES string of the molecule is Cc1c(C(C)NCCO)cnn1-c1ccc(F)cc1. The van der Waals surface area contributed by atoms with Crippen LogP contribution in [0.2, 0.25) is 0 Å².